The van der Waals surface area contributed by atoms with E-state index < -0.39 is 78.3 Å². The lowest BCUT2D eigenvalue weighted by Gasteiger charge is -2.49. The molecule has 3 aliphatic rings. The molecule has 6 unspecified atom stereocenters. The number of carboxylic acid groups (broad SMARTS) is 1. The summed E-state index contributed by atoms with van der Waals surface area (Å²) in [6, 6.07) is -0.636. The van der Waals surface area contributed by atoms with E-state index in [9.17, 15) is 24.9 Å². The monoisotopic (exact) mass is 575 g/mol. The fourth-order valence-electron chi connectivity index (χ4n) is 6.04. The molecule has 3 heterocycles. The Morgan fingerprint density at radius 3 is 2.08 bits per heavy atom. The molecule has 12 heteroatoms. The first-order valence-electron chi connectivity index (χ1n) is 14.3. The Labute approximate surface area is 237 Å². The maximum atomic E-state index is 12.3. The molecule has 3 rings (SSSR count). The van der Waals surface area contributed by atoms with Gasteiger partial charge in [-0.1, -0.05) is 27.7 Å². The number of aliphatic hydroxyl groups excluding tert-OH is 2. The van der Waals surface area contributed by atoms with Gasteiger partial charge in [-0.3, -0.25) is 4.79 Å². The average molecular weight is 576 g/mol. The number of carbonyl (C=O) groups is 2. The summed E-state index contributed by atoms with van der Waals surface area (Å²) in [4.78, 5) is 24.7. The summed E-state index contributed by atoms with van der Waals surface area (Å²) in [7, 11) is 1.38. The molecule has 232 valence electrons. The summed E-state index contributed by atoms with van der Waals surface area (Å²) in [6.07, 6.45) is -7.27. The third kappa shape index (κ3) is 6.19. The van der Waals surface area contributed by atoms with Crippen molar-refractivity contribution in [2.45, 2.75) is 147 Å². The van der Waals surface area contributed by atoms with Gasteiger partial charge in [0.1, 0.15) is 42.7 Å². The normalized spacial score (nSPS) is 40.5. The first-order valence-corrected chi connectivity index (χ1v) is 14.3. The van der Waals surface area contributed by atoms with E-state index in [2.05, 4.69) is 12.2 Å². The van der Waals surface area contributed by atoms with Gasteiger partial charge in [0, 0.05) is 14.0 Å². The Hall–Kier alpha value is -1.38. The zero-order valence-corrected chi connectivity index (χ0v) is 25.2. The SMILES string of the molecule is CCC(C)(C)O[C@@H]1C(C(=O)O)O[C@@H]([C@@]2(C)OC3C(NC(C)=O)[C@H](C(C)(CC)CC)OC(CO)[C@H]3O2)C(OC)C1O. The number of hydrogen-bond acceptors (Lipinski definition) is 10. The van der Waals surface area contributed by atoms with Crippen LogP contribution in [0.3, 0.4) is 0 Å². The molecule has 3 saturated heterocycles. The van der Waals surface area contributed by atoms with Crippen molar-refractivity contribution >= 4 is 11.9 Å². The van der Waals surface area contributed by atoms with Crippen LogP contribution in [0.5, 0.6) is 0 Å². The molecule has 12 nitrogen and oxygen atoms in total. The number of carbonyl (C=O) groups excluding carboxylic acids is 1. The molecular formula is C28H49NO11. The highest BCUT2D eigenvalue weighted by Gasteiger charge is 2.65. The molecule has 40 heavy (non-hydrogen) atoms. The number of carboxylic acids is 1. The minimum atomic E-state index is -1.63. The van der Waals surface area contributed by atoms with Gasteiger partial charge in [-0.05, 0) is 45.4 Å². The van der Waals surface area contributed by atoms with Gasteiger partial charge in [0.05, 0.1) is 24.4 Å². The fourth-order valence-corrected chi connectivity index (χ4v) is 6.04. The van der Waals surface area contributed by atoms with E-state index in [1.807, 2.05) is 20.8 Å². The number of nitrogens with one attached hydrogen (secondary N) is 1. The standard InChI is InChI=1S/C28H49NO11/c1-10-26(5,6)38-20-17(32)21(35-9)24(37-22(20)25(33)34)28(8)39-18-15(13-30)36-23(27(7,11-2)12-3)16(19(18)40-28)29-14(4)31/h15-24,30,32H,10-13H2,1-9H3,(H,29,31)(H,33,34)/t15?,16?,17?,18-,19?,20+,21?,22?,23-,24-,28-/m1/s1. The van der Waals surface area contributed by atoms with E-state index in [4.69, 9.17) is 28.4 Å². The Morgan fingerprint density at radius 2 is 1.60 bits per heavy atom. The highest BCUT2D eigenvalue weighted by atomic mass is 16.8. The summed E-state index contributed by atoms with van der Waals surface area (Å²) < 4.78 is 37.1. The summed E-state index contributed by atoms with van der Waals surface area (Å²) in [5.41, 5.74) is -1.09. The second-order valence-corrected chi connectivity index (χ2v) is 12.2. The molecular weight excluding hydrogens is 526 g/mol. The van der Waals surface area contributed by atoms with Gasteiger partial charge in [0.2, 0.25) is 5.91 Å². The number of hydrogen-bond donors (Lipinski definition) is 4. The van der Waals surface area contributed by atoms with E-state index in [1.54, 1.807) is 20.8 Å². The van der Waals surface area contributed by atoms with Gasteiger partial charge >= 0.3 is 5.97 Å². The van der Waals surface area contributed by atoms with Crippen molar-refractivity contribution in [2.24, 2.45) is 5.41 Å². The summed E-state index contributed by atoms with van der Waals surface area (Å²) in [5, 5.41) is 34.7. The molecule has 0 aromatic heterocycles. The molecule has 3 fully saturated rings. The van der Waals surface area contributed by atoms with Gasteiger partial charge in [0.25, 0.3) is 0 Å². The molecule has 0 spiro atoms. The third-order valence-electron chi connectivity index (χ3n) is 9.19. The molecule has 11 atom stereocenters. The van der Waals surface area contributed by atoms with Crippen LogP contribution in [-0.2, 0) is 38.0 Å². The van der Waals surface area contributed by atoms with Crippen molar-refractivity contribution in [3.8, 4) is 0 Å². The molecule has 1 amide bonds. The van der Waals surface area contributed by atoms with Crippen LogP contribution in [0.2, 0.25) is 0 Å². The Kier molecular flexibility index (Phi) is 10.3. The van der Waals surface area contributed by atoms with E-state index >= 15 is 0 Å². The van der Waals surface area contributed by atoms with Crippen LogP contribution in [0.25, 0.3) is 0 Å². The van der Waals surface area contributed by atoms with Crippen LogP contribution in [0, 0.1) is 5.41 Å². The number of aliphatic carboxylic acids is 1. The Bertz CT molecular complexity index is 895. The number of fused-ring (bicyclic) bond motifs is 1. The minimum Gasteiger partial charge on any atom is -0.479 e. The van der Waals surface area contributed by atoms with Crippen molar-refractivity contribution in [1.82, 2.24) is 5.32 Å². The van der Waals surface area contributed by atoms with Crippen molar-refractivity contribution in [3.63, 3.8) is 0 Å². The molecule has 0 saturated carbocycles. The lowest BCUT2D eigenvalue weighted by atomic mass is 9.72. The minimum absolute atomic E-state index is 0.282. The summed E-state index contributed by atoms with van der Waals surface area (Å²) in [6.45, 7) is 14.3. The second-order valence-electron chi connectivity index (χ2n) is 12.2. The molecule has 4 N–H and O–H groups in total. The fraction of sp³-hybridized carbons (Fsp3) is 0.929. The van der Waals surface area contributed by atoms with E-state index in [0.29, 0.717) is 6.42 Å². The van der Waals surface area contributed by atoms with Gasteiger partial charge < -0.3 is 49.1 Å². The number of methoxy groups -OCH3 is 1. The van der Waals surface area contributed by atoms with E-state index in [1.165, 1.54) is 14.0 Å². The third-order valence-corrected chi connectivity index (χ3v) is 9.19. The summed E-state index contributed by atoms with van der Waals surface area (Å²) in [5.74, 6) is -3.23. The maximum absolute atomic E-state index is 12.3. The van der Waals surface area contributed by atoms with Crippen LogP contribution in [0.1, 0.15) is 74.7 Å². The quantitative estimate of drug-likeness (QED) is 0.282. The smallest absolute Gasteiger partial charge is 0.335 e. The topological polar surface area (TPSA) is 162 Å². The van der Waals surface area contributed by atoms with Gasteiger partial charge in [-0.15, -0.1) is 0 Å². The highest BCUT2D eigenvalue weighted by molar-refractivity contribution is 5.74. The zero-order valence-electron chi connectivity index (χ0n) is 25.2. The van der Waals surface area contributed by atoms with Gasteiger partial charge in [0.15, 0.2) is 11.9 Å². The van der Waals surface area contributed by atoms with E-state index in [-0.39, 0.29) is 17.9 Å². The van der Waals surface area contributed by atoms with Crippen LogP contribution < -0.4 is 5.32 Å². The molecule has 0 radical (unpaired) electrons. The van der Waals surface area contributed by atoms with Crippen LogP contribution in [0.4, 0.5) is 0 Å². The predicted octanol–water partition coefficient (Wildman–Crippen LogP) is 1.38. The summed E-state index contributed by atoms with van der Waals surface area (Å²) >= 11 is 0. The lowest BCUT2D eigenvalue weighted by Crippen LogP contribution is -2.67. The lowest BCUT2D eigenvalue weighted by molar-refractivity contribution is -0.326. The largest absolute Gasteiger partial charge is 0.479 e. The molecule has 3 aliphatic heterocycles. The van der Waals surface area contributed by atoms with Crippen LogP contribution in [0.15, 0.2) is 0 Å². The molecule has 0 aromatic carbocycles. The molecule has 0 aromatic rings. The van der Waals surface area contributed by atoms with Crippen LogP contribution in [-0.4, -0.2) is 113 Å². The van der Waals surface area contributed by atoms with Crippen molar-refractivity contribution in [3.05, 3.63) is 0 Å². The maximum Gasteiger partial charge on any atom is 0.335 e. The number of amides is 1. The predicted molar refractivity (Wildman–Crippen MR) is 143 cm³/mol. The van der Waals surface area contributed by atoms with Crippen molar-refractivity contribution in [2.75, 3.05) is 13.7 Å². The zero-order chi connectivity index (χ0) is 30.2. The first-order chi connectivity index (χ1) is 18.6. The number of aliphatic hydroxyl groups is 2. The number of rotatable bonds is 11. The Morgan fingerprint density at radius 1 is 1.00 bits per heavy atom. The van der Waals surface area contributed by atoms with Crippen molar-refractivity contribution < 1.29 is 53.3 Å². The molecule has 0 bridgehead atoms. The highest BCUT2D eigenvalue weighted by Crippen LogP contribution is 2.47. The number of ether oxygens (including phenoxy) is 6. The molecule has 0 aliphatic carbocycles. The van der Waals surface area contributed by atoms with Gasteiger partial charge in [-0.25, -0.2) is 4.79 Å². The van der Waals surface area contributed by atoms with Crippen molar-refractivity contribution in [1.29, 1.82) is 0 Å². The second kappa shape index (κ2) is 12.5. The average Bonchev–Trinajstić information content (AvgIpc) is 3.27. The van der Waals surface area contributed by atoms with Crippen LogP contribution >= 0.6 is 0 Å². The van der Waals surface area contributed by atoms with E-state index in [0.717, 1.165) is 12.8 Å². The van der Waals surface area contributed by atoms with Gasteiger partial charge in [-0.2, -0.15) is 0 Å². The first kappa shape index (κ1) is 33.1. The Balaban J connectivity index is 2.01.